The van der Waals surface area contributed by atoms with Gasteiger partial charge in [0.1, 0.15) is 10.2 Å². The summed E-state index contributed by atoms with van der Waals surface area (Å²) in [7, 11) is 0. The first kappa shape index (κ1) is 27.6. The largest absolute Gasteiger partial charge is 0.333 e. The lowest BCUT2D eigenvalue weighted by Gasteiger charge is -2.27. The summed E-state index contributed by atoms with van der Waals surface area (Å²) in [6.07, 6.45) is 4.37. The van der Waals surface area contributed by atoms with Crippen LogP contribution in [0.25, 0.3) is 17.0 Å². The third-order valence-electron chi connectivity index (χ3n) is 6.69. The van der Waals surface area contributed by atoms with Crippen LogP contribution >= 0.6 is 23.2 Å². The minimum atomic E-state index is -1.66. The fourth-order valence-electron chi connectivity index (χ4n) is 4.77. The van der Waals surface area contributed by atoms with Gasteiger partial charge >= 0.3 is 6.03 Å². The van der Waals surface area contributed by atoms with Crippen molar-refractivity contribution in [3.63, 3.8) is 0 Å². The fraction of sp³-hybridized carbons (Fsp3) is 0.179. The number of nitrogens with zero attached hydrogens (tertiary/aromatic N) is 4. The number of nitrogens with one attached hydrogen (secondary N) is 1. The number of nitriles is 1. The van der Waals surface area contributed by atoms with Crippen LogP contribution in [0.1, 0.15) is 27.9 Å². The molecular formula is C28H19Cl2F4N5O. The number of benzene rings is 2. The molecule has 1 aliphatic heterocycles. The van der Waals surface area contributed by atoms with Crippen LogP contribution in [0.3, 0.4) is 0 Å². The zero-order chi connectivity index (χ0) is 28.6. The maximum Gasteiger partial charge on any atom is 0.326 e. The predicted octanol–water partition coefficient (Wildman–Crippen LogP) is 6.60. The summed E-state index contributed by atoms with van der Waals surface area (Å²) in [5, 5.41) is 12.1. The molecule has 3 heterocycles. The molecule has 0 fully saturated rings. The minimum Gasteiger partial charge on any atom is -0.333 e. The van der Waals surface area contributed by atoms with Crippen LogP contribution in [0.5, 0.6) is 0 Å². The lowest BCUT2D eigenvalue weighted by atomic mass is 10.0. The van der Waals surface area contributed by atoms with E-state index in [4.69, 9.17) is 23.2 Å². The number of carbonyl (C=O) groups is 1. The second-order valence-electron chi connectivity index (χ2n) is 9.12. The number of carbonyl (C=O) groups excluding carboxylic acids is 1. The Kier molecular flexibility index (Phi) is 7.81. The Balaban J connectivity index is 1.41. The van der Waals surface area contributed by atoms with Crippen molar-refractivity contribution in [1.29, 1.82) is 5.26 Å². The zero-order valence-corrected chi connectivity index (χ0v) is 22.1. The van der Waals surface area contributed by atoms with E-state index >= 15 is 0 Å². The molecule has 0 saturated carbocycles. The molecule has 1 aliphatic rings. The van der Waals surface area contributed by atoms with E-state index in [0.717, 1.165) is 28.3 Å². The average Bonchev–Trinajstić information content (AvgIpc) is 3.28. The maximum atomic E-state index is 14.2. The summed E-state index contributed by atoms with van der Waals surface area (Å²) in [4.78, 5) is 19.2. The van der Waals surface area contributed by atoms with E-state index < -0.39 is 33.9 Å². The van der Waals surface area contributed by atoms with Gasteiger partial charge in [-0.05, 0) is 41.5 Å². The van der Waals surface area contributed by atoms with Gasteiger partial charge in [0, 0.05) is 49.9 Å². The maximum absolute atomic E-state index is 14.2. The molecule has 1 N–H and O–H groups in total. The van der Waals surface area contributed by atoms with Gasteiger partial charge in [-0.1, -0.05) is 35.4 Å². The first-order valence-corrected chi connectivity index (χ1v) is 12.8. The molecule has 2 aromatic carbocycles. The highest BCUT2D eigenvalue weighted by molar-refractivity contribution is 6.31. The topological polar surface area (TPSA) is 74.0 Å². The fourth-order valence-corrected chi connectivity index (χ4v) is 5.13. The van der Waals surface area contributed by atoms with E-state index in [9.17, 15) is 27.6 Å². The first-order valence-electron chi connectivity index (χ1n) is 12.0. The highest BCUT2D eigenvalue weighted by Crippen LogP contribution is 2.32. The lowest BCUT2D eigenvalue weighted by Crippen LogP contribution is -2.34. The smallest absolute Gasteiger partial charge is 0.326 e. The third kappa shape index (κ3) is 5.16. The molecule has 2 aromatic heterocycles. The molecule has 6 nitrogen and oxygen atoms in total. The van der Waals surface area contributed by atoms with E-state index in [1.54, 1.807) is 41.1 Å². The van der Waals surface area contributed by atoms with Crippen molar-refractivity contribution >= 4 is 46.2 Å². The van der Waals surface area contributed by atoms with Crippen molar-refractivity contribution in [2.45, 2.75) is 19.5 Å². The number of hydrogen-bond acceptors (Lipinski definition) is 4. The van der Waals surface area contributed by atoms with E-state index in [1.807, 2.05) is 4.90 Å². The average molecular weight is 588 g/mol. The van der Waals surface area contributed by atoms with Crippen molar-refractivity contribution in [2.75, 3.05) is 13.1 Å². The van der Waals surface area contributed by atoms with Gasteiger partial charge in [0.15, 0.2) is 23.3 Å². The van der Waals surface area contributed by atoms with Gasteiger partial charge < -0.3 is 5.32 Å². The molecule has 0 radical (unpaired) electrons. The molecule has 0 spiro atoms. The van der Waals surface area contributed by atoms with Crippen molar-refractivity contribution in [2.24, 2.45) is 0 Å². The van der Waals surface area contributed by atoms with Crippen molar-refractivity contribution in [3.8, 4) is 6.07 Å². The Labute approximate surface area is 236 Å². The molecular weight excluding hydrogens is 569 g/mol. The monoisotopic (exact) mass is 587 g/mol. The van der Waals surface area contributed by atoms with E-state index in [1.165, 1.54) is 6.08 Å². The van der Waals surface area contributed by atoms with Gasteiger partial charge in [-0.2, -0.15) is 5.26 Å². The van der Waals surface area contributed by atoms with Gasteiger partial charge in [0.25, 0.3) is 0 Å². The van der Waals surface area contributed by atoms with Gasteiger partial charge in [-0.25, -0.2) is 27.3 Å². The van der Waals surface area contributed by atoms with Crippen LogP contribution in [-0.4, -0.2) is 33.6 Å². The van der Waals surface area contributed by atoms with Crippen LogP contribution in [0.15, 0.2) is 42.6 Å². The number of pyridine rings is 1. The van der Waals surface area contributed by atoms with Crippen LogP contribution < -0.4 is 5.32 Å². The number of aromatic nitrogens is 2. The minimum absolute atomic E-state index is 0.198. The normalized spacial score (nSPS) is 13.5. The molecule has 204 valence electrons. The highest BCUT2D eigenvalue weighted by atomic mass is 35.5. The van der Waals surface area contributed by atoms with Crippen molar-refractivity contribution in [3.05, 3.63) is 104 Å². The molecule has 0 atom stereocenters. The number of amides is 1. The molecule has 0 aliphatic carbocycles. The van der Waals surface area contributed by atoms with E-state index in [-0.39, 0.29) is 19.1 Å². The number of halogens is 6. The van der Waals surface area contributed by atoms with Crippen LogP contribution in [0.4, 0.5) is 22.4 Å². The van der Waals surface area contributed by atoms with Crippen molar-refractivity contribution < 1.29 is 22.4 Å². The predicted molar refractivity (Wildman–Crippen MR) is 143 cm³/mol. The molecule has 40 heavy (non-hydrogen) atoms. The Morgan fingerprint density at radius 1 is 1.10 bits per heavy atom. The summed E-state index contributed by atoms with van der Waals surface area (Å²) < 4.78 is 57.5. The zero-order valence-electron chi connectivity index (χ0n) is 20.6. The van der Waals surface area contributed by atoms with Gasteiger partial charge in [0.2, 0.25) is 0 Å². The Bertz CT molecular complexity index is 1700. The van der Waals surface area contributed by atoms with Crippen LogP contribution in [0, 0.1) is 34.6 Å². The quantitative estimate of drug-likeness (QED) is 0.123. The van der Waals surface area contributed by atoms with Crippen LogP contribution in [0.2, 0.25) is 10.2 Å². The summed E-state index contributed by atoms with van der Waals surface area (Å²) in [6, 6.07) is 10.2. The molecule has 0 bridgehead atoms. The molecule has 5 rings (SSSR count). The number of hydrogen-bond donors (Lipinski definition) is 1. The molecule has 1 amide bonds. The van der Waals surface area contributed by atoms with Gasteiger partial charge in [0.05, 0.1) is 22.7 Å². The Morgan fingerprint density at radius 2 is 1.85 bits per heavy atom. The Morgan fingerprint density at radius 3 is 2.55 bits per heavy atom. The van der Waals surface area contributed by atoms with E-state index in [0.29, 0.717) is 35.7 Å². The summed E-state index contributed by atoms with van der Waals surface area (Å²) >= 11 is 11.2. The molecule has 4 aromatic rings. The second kappa shape index (κ2) is 11.3. The molecule has 12 heteroatoms. The summed E-state index contributed by atoms with van der Waals surface area (Å²) in [5.41, 5.74) is 2.57. The number of fused-ring (bicyclic) bond motifs is 3. The first-order chi connectivity index (χ1) is 19.2. The highest BCUT2D eigenvalue weighted by Gasteiger charge is 2.27. The Hall–Kier alpha value is -3.91. The molecule has 0 saturated heterocycles. The number of rotatable bonds is 5. The van der Waals surface area contributed by atoms with Gasteiger partial charge in [-0.3, -0.25) is 9.47 Å². The van der Waals surface area contributed by atoms with E-state index in [2.05, 4.69) is 16.4 Å². The second-order valence-corrected chi connectivity index (χ2v) is 9.89. The van der Waals surface area contributed by atoms with Crippen LogP contribution in [-0.2, 0) is 19.5 Å². The lowest BCUT2D eigenvalue weighted by molar-refractivity contribution is 0.240. The standard InChI is InChI=1S/C28H19Cl2F4N5O/c29-22-11-16(5-7-36-22)13-37-28(40)39-20-4-3-15(12-35)10-18(20)19-14-38(9-6-21(19)39)8-1-2-17-24(31)26(33)23(30)27(34)25(17)32/h1-5,7,10-11H,6,8-9,13-14H2,(H,37,40)/b2-1+. The summed E-state index contributed by atoms with van der Waals surface area (Å²) in [6.45, 7) is 1.27. The molecule has 0 unspecified atom stereocenters. The third-order valence-corrected chi connectivity index (χ3v) is 7.22. The SMILES string of the molecule is N#Cc1ccc2c(c1)c1c(n2C(=O)NCc2ccnc(Cl)c2)CCN(C/C=C/c2c(F)c(F)c(Cl)c(F)c2F)C1. The van der Waals surface area contributed by atoms with Crippen molar-refractivity contribution in [1.82, 2.24) is 19.8 Å². The summed E-state index contributed by atoms with van der Waals surface area (Å²) in [5.74, 6) is -6.47. The van der Waals surface area contributed by atoms with Gasteiger partial charge in [-0.15, -0.1) is 0 Å².